The van der Waals surface area contributed by atoms with Crippen LogP contribution in [0.3, 0.4) is 0 Å². The highest BCUT2D eigenvalue weighted by Gasteiger charge is 2.03. The number of ether oxygens (including phenoxy) is 1. The van der Waals surface area contributed by atoms with Crippen LogP contribution in [0.4, 0.5) is 11.5 Å². The van der Waals surface area contributed by atoms with Gasteiger partial charge in [-0.3, -0.25) is 0 Å². The minimum atomic E-state index is 0.117. The summed E-state index contributed by atoms with van der Waals surface area (Å²) in [4.78, 5) is 4.06. The minimum absolute atomic E-state index is 0.117. The first-order chi connectivity index (χ1) is 6.63. The zero-order valence-corrected chi connectivity index (χ0v) is 9.01. The largest absolute Gasteiger partial charge is 0.396 e. The Labute approximate surface area is 88.4 Å². The fourth-order valence-corrected chi connectivity index (χ4v) is 1.09. The van der Waals surface area contributed by atoms with Crippen LogP contribution >= 0.6 is 11.6 Å². The zero-order valence-electron chi connectivity index (χ0n) is 8.25. The molecule has 0 saturated carbocycles. The van der Waals surface area contributed by atoms with Crippen LogP contribution in [0.1, 0.15) is 6.92 Å². The number of nitrogens with zero attached hydrogens (tertiary/aromatic N) is 1. The fraction of sp³-hybridized carbons (Fsp3) is 0.444. The second-order valence-corrected chi connectivity index (χ2v) is 3.46. The highest BCUT2D eigenvalue weighted by molar-refractivity contribution is 6.30. The maximum absolute atomic E-state index is 5.71. The van der Waals surface area contributed by atoms with Crippen LogP contribution in [0.5, 0.6) is 0 Å². The number of methoxy groups -OCH3 is 1. The molecule has 1 aromatic rings. The van der Waals surface area contributed by atoms with Gasteiger partial charge in [-0.15, -0.1) is 0 Å². The molecule has 0 radical (unpaired) electrons. The first-order valence-electron chi connectivity index (χ1n) is 4.31. The van der Waals surface area contributed by atoms with E-state index < -0.39 is 0 Å². The Hall–Kier alpha value is -1.00. The molecule has 0 amide bonds. The van der Waals surface area contributed by atoms with E-state index in [1.807, 2.05) is 6.92 Å². The van der Waals surface area contributed by atoms with E-state index in [-0.39, 0.29) is 6.10 Å². The molecule has 3 N–H and O–H groups in total. The van der Waals surface area contributed by atoms with Gasteiger partial charge < -0.3 is 15.8 Å². The maximum Gasteiger partial charge on any atom is 0.149 e. The van der Waals surface area contributed by atoms with Crippen LogP contribution in [-0.4, -0.2) is 24.7 Å². The molecular formula is C9H14ClN3O. The predicted octanol–water partition coefficient (Wildman–Crippen LogP) is 1.76. The van der Waals surface area contributed by atoms with E-state index in [0.29, 0.717) is 23.1 Å². The molecule has 0 saturated heterocycles. The van der Waals surface area contributed by atoms with Crippen LogP contribution in [0.15, 0.2) is 12.3 Å². The van der Waals surface area contributed by atoms with Crippen molar-refractivity contribution in [1.82, 2.24) is 4.98 Å². The highest BCUT2D eigenvalue weighted by Crippen LogP contribution is 2.19. The number of hydrogen-bond donors (Lipinski definition) is 2. The van der Waals surface area contributed by atoms with E-state index in [1.165, 1.54) is 0 Å². The summed E-state index contributed by atoms with van der Waals surface area (Å²) in [6.07, 6.45) is 1.67. The summed E-state index contributed by atoms with van der Waals surface area (Å²) in [5.74, 6) is 0.637. The zero-order chi connectivity index (χ0) is 10.6. The van der Waals surface area contributed by atoms with Crippen molar-refractivity contribution in [3.63, 3.8) is 0 Å². The first kappa shape index (κ1) is 11.1. The summed E-state index contributed by atoms with van der Waals surface area (Å²) in [5.41, 5.74) is 6.24. The number of nitrogens with two attached hydrogens (primary N) is 1. The molecule has 1 heterocycles. The lowest BCUT2D eigenvalue weighted by Gasteiger charge is -2.12. The average molecular weight is 216 g/mol. The maximum atomic E-state index is 5.71. The molecule has 0 spiro atoms. The van der Waals surface area contributed by atoms with Crippen LogP contribution in [0, 0.1) is 0 Å². The smallest absolute Gasteiger partial charge is 0.149 e. The van der Waals surface area contributed by atoms with Gasteiger partial charge in [0.1, 0.15) is 5.82 Å². The topological polar surface area (TPSA) is 60.2 Å². The van der Waals surface area contributed by atoms with Crippen LogP contribution in [-0.2, 0) is 4.74 Å². The monoisotopic (exact) mass is 215 g/mol. The van der Waals surface area contributed by atoms with Crippen molar-refractivity contribution in [2.24, 2.45) is 0 Å². The van der Waals surface area contributed by atoms with E-state index in [4.69, 9.17) is 22.1 Å². The fourth-order valence-electron chi connectivity index (χ4n) is 0.926. The molecule has 0 aliphatic carbocycles. The summed E-state index contributed by atoms with van der Waals surface area (Å²) in [6.45, 7) is 2.62. The van der Waals surface area contributed by atoms with E-state index in [9.17, 15) is 0 Å². The Bertz CT molecular complexity index is 306. The van der Waals surface area contributed by atoms with E-state index in [1.54, 1.807) is 19.4 Å². The second kappa shape index (κ2) is 5.02. The molecule has 0 bridgehead atoms. The van der Waals surface area contributed by atoms with Crippen molar-refractivity contribution in [2.45, 2.75) is 13.0 Å². The van der Waals surface area contributed by atoms with Crippen LogP contribution < -0.4 is 11.1 Å². The lowest BCUT2D eigenvalue weighted by Crippen LogP contribution is -2.19. The number of rotatable bonds is 4. The molecule has 0 fully saturated rings. The van der Waals surface area contributed by atoms with Crippen LogP contribution in [0.25, 0.3) is 0 Å². The number of hydrogen-bond acceptors (Lipinski definition) is 4. The number of nitrogen functional groups attached to an aromatic ring is 1. The molecule has 1 aromatic heterocycles. The van der Waals surface area contributed by atoms with Crippen molar-refractivity contribution in [3.8, 4) is 0 Å². The van der Waals surface area contributed by atoms with Gasteiger partial charge in [0.05, 0.1) is 16.8 Å². The van der Waals surface area contributed by atoms with Gasteiger partial charge in [0.25, 0.3) is 0 Å². The summed E-state index contributed by atoms with van der Waals surface area (Å²) in [5, 5.41) is 3.61. The number of anilines is 2. The summed E-state index contributed by atoms with van der Waals surface area (Å²) < 4.78 is 5.08. The SMILES string of the molecule is COC(C)CNc1ncc(Cl)cc1N. The minimum Gasteiger partial charge on any atom is -0.396 e. The number of halogens is 1. The molecule has 1 atom stereocenters. The third-order valence-electron chi connectivity index (χ3n) is 1.84. The normalized spacial score (nSPS) is 12.5. The Kier molecular flexibility index (Phi) is 3.98. The molecule has 1 rings (SSSR count). The van der Waals surface area contributed by atoms with Gasteiger partial charge in [-0.05, 0) is 13.0 Å². The molecule has 0 aromatic carbocycles. The summed E-state index contributed by atoms with van der Waals surface area (Å²) in [6, 6.07) is 1.66. The van der Waals surface area contributed by atoms with Gasteiger partial charge in [0.2, 0.25) is 0 Å². The average Bonchev–Trinajstić information content (AvgIpc) is 2.16. The quantitative estimate of drug-likeness (QED) is 0.804. The molecule has 14 heavy (non-hydrogen) atoms. The third kappa shape index (κ3) is 3.05. The molecule has 0 aliphatic rings. The van der Waals surface area contributed by atoms with Gasteiger partial charge in [0.15, 0.2) is 0 Å². The Morgan fingerprint density at radius 3 is 3.00 bits per heavy atom. The standard InChI is InChI=1S/C9H14ClN3O/c1-6(14-2)4-12-9-8(11)3-7(10)5-13-9/h3,5-6H,4,11H2,1-2H3,(H,12,13). The number of pyridine rings is 1. The van der Waals surface area contributed by atoms with Gasteiger partial charge in [-0.25, -0.2) is 4.98 Å². The van der Waals surface area contributed by atoms with E-state index in [2.05, 4.69) is 10.3 Å². The van der Waals surface area contributed by atoms with Gasteiger partial charge in [0, 0.05) is 19.9 Å². The van der Waals surface area contributed by atoms with Crippen molar-refractivity contribution < 1.29 is 4.74 Å². The Morgan fingerprint density at radius 1 is 1.71 bits per heavy atom. The second-order valence-electron chi connectivity index (χ2n) is 3.02. The molecule has 78 valence electrons. The molecule has 5 heteroatoms. The Morgan fingerprint density at radius 2 is 2.43 bits per heavy atom. The van der Waals surface area contributed by atoms with Crippen molar-refractivity contribution >= 4 is 23.1 Å². The summed E-state index contributed by atoms with van der Waals surface area (Å²) >= 11 is 5.71. The first-order valence-corrected chi connectivity index (χ1v) is 4.69. The third-order valence-corrected chi connectivity index (χ3v) is 2.05. The molecular weight excluding hydrogens is 202 g/mol. The molecule has 0 aliphatic heterocycles. The van der Waals surface area contributed by atoms with Gasteiger partial charge in [-0.2, -0.15) is 0 Å². The predicted molar refractivity (Wildman–Crippen MR) is 58.6 cm³/mol. The summed E-state index contributed by atoms with van der Waals surface area (Å²) in [7, 11) is 1.66. The number of aromatic nitrogens is 1. The number of nitrogens with one attached hydrogen (secondary N) is 1. The lowest BCUT2D eigenvalue weighted by molar-refractivity contribution is 0.128. The van der Waals surface area contributed by atoms with E-state index >= 15 is 0 Å². The van der Waals surface area contributed by atoms with Crippen molar-refractivity contribution in [3.05, 3.63) is 17.3 Å². The van der Waals surface area contributed by atoms with Crippen LogP contribution in [0.2, 0.25) is 5.02 Å². The molecule has 1 unspecified atom stereocenters. The van der Waals surface area contributed by atoms with Gasteiger partial charge in [-0.1, -0.05) is 11.6 Å². The van der Waals surface area contributed by atoms with Crippen molar-refractivity contribution in [1.29, 1.82) is 0 Å². The lowest BCUT2D eigenvalue weighted by atomic mass is 10.3. The van der Waals surface area contributed by atoms with Gasteiger partial charge >= 0.3 is 0 Å². The highest BCUT2D eigenvalue weighted by atomic mass is 35.5. The molecule has 4 nitrogen and oxygen atoms in total. The van der Waals surface area contributed by atoms with Crippen molar-refractivity contribution in [2.75, 3.05) is 24.7 Å². The Balaban J connectivity index is 2.59. The van der Waals surface area contributed by atoms with E-state index in [0.717, 1.165) is 0 Å².